The van der Waals surface area contributed by atoms with Crippen LogP contribution in [0.3, 0.4) is 0 Å². The van der Waals surface area contributed by atoms with Crippen molar-refractivity contribution in [3.8, 4) is 0 Å². The number of hydrogen-bond acceptors (Lipinski definition) is 2. The monoisotopic (exact) mass is 212 g/mol. The smallest absolute Gasteiger partial charge is 0.192 e. The molecule has 1 aliphatic heterocycles. The zero-order chi connectivity index (χ0) is 10.0. The third-order valence-corrected chi connectivity index (χ3v) is 2.78. The van der Waals surface area contributed by atoms with Gasteiger partial charge in [-0.05, 0) is 12.5 Å². The van der Waals surface area contributed by atoms with E-state index in [1.807, 2.05) is 31.2 Å². The van der Waals surface area contributed by atoms with E-state index in [4.69, 9.17) is 21.1 Å². The second kappa shape index (κ2) is 3.89. The summed E-state index contributed by atoms with van der Waals surface area (Å²) in [4.78, 5) is 0. The van der Waals surface area contributed by atoms with Crippen LogP contribution in [0.1, 0.15) is 18.1 Å². The molecule has 0 unspecified atom stereocenters. The van der Waals surface area contributed by atoms with E-state index in [0.717, 1.165) is 11.1 Å². The van der Waals surface area contributed by atoms with Crippen LogP contribution in [0.2, 0.25) is 0 Å². The molecule has 0 amide bonds. The molecular weight excluding hydrogens is 200 g/mol. The number of rotatable bonds is 2. The van der Waals surface area contributed by atoms with Crippen molar-refractivity contribution < 1.29 is 9.47 Å². The van der Waals surface area contributed by atoms with Gasteiger partial charge in [0.05, 0.1) is 13.2 Å². The summed E-state index contributed by atoms with van der Waals surface area (Å²) < 4.78 is 11.1. The summed E-state index contributed by atoms with van der Waals surface area (Å²) in [7, 11) is 0. The van der Waals surface area contributed by atoms with Gasteiger partial charge in [0.1, 0.15) is 0 Å². The van der Waals surface area contributed by atoms with E-state index in [0.29, 0.717) is 19.1 Å². The van der Waals surface area contributed by atoms with Gasteiger partial charge >= 0.3 is 0 Å². The van der Waals surface area contributed by atoms with Crippen molar-refractivity contribution in [3.05, 3.63) is 35.4 Å². The highest BCUT2D eigenvalue weighted by Gasteiger charge is 2.32. The van der Waals surface area contributed by atoms with Crippen LogP contribution in [0.15, 0.2) is 24.3 Å². The molecule has 76 valence electrons. The van der Waals surface area contributed by atoms with Gasteiger partial charge in [-0.15, -0.1) is 11.6 Å². The molecule has 1 heterocycles. The molecule has 1 aliphatic rings. The number of halogens is 1. The van der Waals surface area contributed by atoms with Gasteiger partial charge in [-0.25, -0.2) is 0 Å². The lowest BCUT2D eigenvalue weighted by atomic mass is 10.1. The molecule has 0 saturated carbocycles. The van der Waals surface area contributed by atoms with Gasteiger partial charge in [-0.3, -0.25) is 0 Å². The highest BCUT2D eigenvalue weighted by molar-refractivity contribution is 6.17. The third kappa shape index (κ3) is 1.78. The Morgan fingerprint density at radius 1 is 1.21 bits per heavy atom. The first-order valence-electron chi connectivity index (χ1n) is 4.68. The molecule has 1 saturated heterocycles. The fraction of sp³-hybridized carbons (Fsp3) is 0.455. The standard InChI is InChI=1S/C11H13ClO2/c1-11(13-6-7-14-11)10-4-2-9(8-12)3-5-10/h2-5H,6-8H2,1H3. The molecule has 2 rings (SSSR count). The van der Waals surface area contributed by atoms with Crippen LogP contribution in [0.5, 0.6) is 0 Å². The highest BCUT2D eigenvalue weighted by Crippen LogP contribution is 2.30. The Balaban J connectivity index is 2.23. The van der Waals surface area contributed by atoms with Crippen LogP contribution < -0.4 is 0 Å². The van der Waals surface area contributed by atoms with Crippen molar-refractivity contribution in [2.75, 3.05) is 13.2 Å². The molecule has 0 atom stereocenters. The molecule has 2 nitrogen and oxygen atoms in total. The van der Waals surface area contributed by atoms with Crippen molar-refractivity contribution in [2.45, 2.75) is 18.6 Å². The Bertz CT molecular complexity index is 302. The van der Waals surface area contributed by atoms with Crippen molar-refractivity contribution in [1.29, 1.82) is 0 Å². The largest absolute Gasteiger partial charge is 0.344 e. The summed E-state index contributed by atoms with van der Waals surface area (Å²) >= 11 is 5.71. The van der Waals surface area contributed by atoms with Gasteiger partial charge in [0.25, 0.3) is 0 Å². The number of benzene rings is 1. The first-order valence-corrected chi connectivity index (χ1v) is 5.21. The second-order valence-corrected chi connectivity index (χ2v) is 3.74. The predicted octanol–water partition coefficient (Wildman–Crippen LogP) is 2.64. The topological polar surface area (TPSA) is 18.5 Å². The third-order valence-electron chi connectivity index (χ3n) is 2.47. The fourth-order valence-electron chi connectivity index (χ4n) is 1.58. The summed E-state index contributed by atoms with van der Waals surface area (Å²) in [6.07, 6.45) is 0. The van der Waals surface area contributed by atoms with Gasteiger partial charge in [0.15, 0.2) is 5.79 Å². The van der Waals surface area contributed by atoms with E-state index in [2.05, 4.69) is 0 Å². The maximum Gasteiger partial charge on any atom is 0.192 e. The van der Waals surface area contributed by atoms with E-state index in [-0.39, 0.29) is 0 Å². The Kier molecular flexibility index (Phi) is 2.77. The number of ether oxygens (including phenoxy) is 2. The van der Waals surface area contributed by atoms with Crippen molar-refractivity contribution in [2.24, 2.45) is 0 Å². The summed E-state index contributed by atoms with van der Waals surface area (Å²) in [6.45, 7) is 3.26. The Morgan fingerprint density at radius 2 is 1.79 bits per heavy atom. The quantitative estimate of drug-likeness (QED) is 0.702. The van der Waals surface area contributed by atoms with Gasteiger partial charge in [0.2, 0.25) is 0 Å². The summed E-state index contributed by atoms with van der Waals surface area (Å²) in [5.41, 5.74) is 2.15. The molecule has 1 aromatic rings. The van der Waals surface area contributed by atoms with E-state index in [9.17, 15) is 0 Å². The predicted molar refractivity (Wildman–Crippen MR) is 55.3 cm³/mol. The first-order chi connectivity index (χ1) is 6.74. The molecule has 3 heteroatoms. The molecule has 0 N–H and O–H groups in total. The molecule has 0 radical (unpaired) electrons. The lowest BCUT2D eigenvalue weighted by Gasteiger charge is -2.22. The van der Waals surface area contributed by atoms with Crippen LogP contribution in [-0.2, 0) is 21.1 Å². The molecule has 0 spiro atoms. The van der Waals surface area contributed by atoms with Crippen LogP contribution in [0.4, 0.5) is 0 Å². The molecule has 14 heavy (non-hydrogen) atoms. The van der Waals surface area contributed by atoms with Crippen LogP contribution in [0, 0.1) is 0 Å². The van der Waals surface area contributed by atoms with E-state index < -0.39 is 5.79 Å². The lowest BCUT2D eigenvalue weighted by molar-refractivity contribution is -0.149. The number of hydrogen-bond donors (Lipinski definition) is 0. The summed E-state index contributed by atoms with van der Waals surface area (Å²) in [5, 5.41) is 0. The zero-order valence-electron chi connectivity index (χ0n) is 8.13. The van der Waals surface area contributed by atoms with Gasteiger partial charge < -0.3 is 9.47 Å². The Morgan fingerprint density at radius 3 is 2.29 bits per heavy atom. The minimum Gasteiger partial charge on any atom is -0.344 e. The molecule has 0 bridgehead atoms. The highest BCUT2D eigenvalue weighted by atomic mass is 35.5. The van der Waals surface area contributed by atoms with Gasteiger partial charge in [-0.2, -0.15) is 0 Å². The minimum absolute atomic E-state index is 0.540. The lowest BCUT2D eigenvalue weighted by Crippen LogP contribution is -2.22. The molecule has 0 aliphatic carbocycles. The van der Waals surface area contributed by atoms with Crippen LogP contribution in [0.25, 0.3) is 0 Å². The molecule has 0 aromatic heterocycles. The van der Waals surface area contributed by atoms with Crippen molar-refractivity contribution in [3.63, 3.8) is 0 Å². The van der Waals surface area contributed by atoms with Crippen LogP contribution >= 0.6 is 11.6 Å². The minimum atomic E-state index is -0.565. The maximum absolute atomic E-state index is 5.71. The molecular formula is C11H13ClO2. The average molecular weight is 213 g/mol. The number of alkyl halides is 1. The molecule has 1 aromatic carbocycles. The second-order valence-electron chi connectivity index (χ2n) is 3.47. The van der Waals surface area contributed by atoms with Crippen molar-refractivity contribution in [1.82, 2.24) is 0 Å². The average Bonchev–Trinajstić information content (AvgIpc) is 2.67. The van der Waals surface area contributed by atoms with Gasteiger partial charge in [-0.1, -0.05) is 24.3 Å². The summed E-state index contributed by atoms with van der Waals surface area (Å²) in [6, 6.07) is 8.00. The SMILES string of the molecule is CC1(c2ccc(CCl)cc2)OCCO1. The first kappa shape index (κ1) is 9.97. The fourth-order valence-corrected chi connectivity index (χ4v) is 1.76. The van der Waals surface area contributed by atoms with E-state index >= 15 is 0 Å². The van der Waals surface area contributed by atoms with E-state index in [1.165, 1.54) is 0 Å². The Hall–Kier alpha value is -0.570. The summed E-state index contributed by atoms with van der Waals surface area (Å²) in [5.74, 6) is -0.0243. The van der Waals surface area contributed by atoms with E-state index in [1.54, 1.807) is 0 Å². The van der Waals surface area contributed by atoms with Crippen molar-refractivity contribution >= 4 is 11.6 Å². The maximum atomic E-state index is 5.71. The van der Waals surface area contributed by atoms with Gasteiger partial charge in [0, 0.05) is 11.4 Å². The molecule has 1 fully saturated rings. The normalized spacial score (nSPS) is 19.9. The Labute approximate surface area is 88.8 Å². The van der Waals surface area contributed by atoms with Crippen LogP contribution in [-0.4, -0.2) is 13.2 Å². The zero-order valence-corrected chi connectivity index (χ0v) is 8.88.